The van der Waals surface area contributed by atoms with Gasteiger partial charge in [0, 0.05) is 33.9 Å². The predicted octanol–water partition coefficient (Wildman–Crippen LogP) is 15.2. The second-order valence-electron chi connectivity index (χ2n) is 14.0. The van der Waals surface area contributed by atoms with Crippen LogP contribution in [-0.4, -0.2) is 0 Å². The highest BCUT2D eigenvalue weighted by atomic mass is 14.9. The molecule has 2 heteroatoms. The molecule has 0 spiro atoms. The Kier molecular flexibility index (Phi) is 9.75. The van der Waals surface area contributed by atoms with Crippen molar-refractivity contribution in [2.75, 3.05) is 10.6 Å². The van der Waals surface area contributed by atoms with Gasteiger partial charge in [0.15, 0.2) is 0 Å². The largest absolute Gasteiger partial charge is 0.355 e. The van der Waals surface area contributed by atoms with Crippen LogP contribution in [0.5, 0.6) is 0 Å². The summed E-state index contributed by atoms with van der Waals surface area (Å²) in [6, 6.07) is 81.9. The molecule has 0 aromatic heterocycles. The van der Waals surface area contributed by atoms with E-state index >= 15 is 0 Å². The van der Waals surface area contributed by atoms with E-state index in [1.165, 1.54) is 33.4 Å². The van der Waals surface area contributed by atoms with Crippen LogP contribution in [0.1, 0.15) is 0 Å². The van der Waals surface area contributed by atoms with Crippen molar-refractivity contribution in [2.24, 2.45) is 0 Å². The van der Waals surface area contributed by atoms with E-state index in [2.05, 4.69) is 241 Å². The summed E-state index contributed by atoms with van der Waals surface area (Å²) in [4.78, 5) is 0. The molecule has 2 nitrogen and oxygen atoms in total. The summed E-state index contributed by atoms with van der Waals surface area (Å²) in [6.45, 7) is 0. The Hall–Kier alpha value is -7.42. The number of anilines is 4. The van der Waals surface area contributed by atoms with Crippen LogP contribution in [-0.2, 0) is 0 Å². The Bertz CT molecular complexity index is 2660. The lowest BCUT2D eigenvalue weighted by Crippen LogP contribution is -1.96. The second-order valence-corrected chi connectivity index (χ2v) is 14.0. The van der Waals surface area contributed by atoms with Gasteiger partial charge < -0.3 is 10.6 Å². The van der Waals surface area contributed by atoms with Gasteiger partial charge in [-0.2, -0.15) is 0 Å². The molecule has 0 amide bonds. The van der Waals surface area contributed by atoms with Gasteiger partial charge in [-0.25, -0.2) is 0 Å². The Morgan fingerprint density at radius 2 is 0.607 bits per heavy atom. The van der Waals surface area contributed by atoms with E-state index in [0.717, 1.165) is 56.1 Å². The zero-order chi connectivity index (χ0) is 37.5. The van der Waals surface area contributed by atoms with Gasteiger partial charge in [0.25, 0.3) is 0 Å². The lowest BCUT2D eigenvalue weighted by Gasteiger charge is -2.17. The number of para-hydroxylation sites is 1. The van der Waals surface area contributed by atoms with Gasteiger partial charge in [-0.15, -0.1) is 0 Å². The number of benzene rings is 9. The standard InChI is InChI=1S/C54H40N2/c1-5-17-39(18-6-1)44-26-16-28-49(35-44)55-54-32-31-45(38-52(54)42-23-11-4-12-24-42)43-25-15-27-46(33-43)51-29-13-14-30-53(51)56-50-36-47(40-19-7-2-8-20-40)34-48(37-50)41-21-9-3-10-22-41/h1-38,55-56H. The fraction of sp³-hybridized carbons (Fsp3) is 0. The monoisotopic (exact) mass is 716 g/mol. The molecule has 0 aliphatic carbocycles. The maximum absolute atomic E-state index is 3.82. The molecule has 0 fully saturated rings. The van der Waals surface area contributed by atoms with Crippen molar-refractivity contribution in [3.05, 3.63) is 231 Å². The molecule has 0 aliphatic heterocycles. The van der Waals surface area contributed by atoms with Crippen LogP contribution in [0.25, 0.3) is 66.8 Å². The molecular formula is C54H40N2. The molecule has 9 rings (SSSR count). The highest BCUT2D eigenvalue weighted by molar-refractivity contribution is 5.89. The van der Waals surface area contributed by atoms with E-state index in [9.17, 15) is 0 Å². The molecule has 2 N–H and O–H groups in total. The molecule has 266 valence electrons. The predicted molar refractivity (Wildman–Crippen MR) is 239 cm³/mol. The Balaban J connectivity index is 1.06. The molecule has 0 radical (unpaired) electrons. The van der Waals surface area contributed by atoms with Crippen LogP contribution in [0.4, 0.5) is 22.7 Å². The maximum Gasteiger partial charge on any atom is 0.0464 e. The van der Waals surface area contributed by atoms with E-state index in [-0.39, 0.29) is 0 Å². The smallest absolute Gasteiger partial charge is 0.0464 e. The van der Waals surface area contributed by atoms with Crippen LogP contribution >= 0.6 is 0 Å². The summed E-state index contributed by atoms with van der Waals surface area (Å²) in [5.74, 6) is 0. The van der Waals surface area contributed by atoms with Crippen LogP contribution in [0.15, 0.2) is 231 Å². The summed E-state index contributed by atoms with van der Waals surface area (Å²) >= 11 is 0. The van der Waals surface area contributed by atoms with Gasteiger partial charge in [-0.1, -0.05) is 176 Å². The highest BCUT2D eigenvalue weighted by Gasteiger charge is 2.13. The van der Waals surface area contributed by atoms with Crippen LogP contribution < -0.4 is 10.6 Å². The molecule has 0 aliphatic rings. The van der Waals surface area contributed by atoms with E-state index in [1.807, 2.05) is 0 Å². The number of hydrogen-bond donors (Lipinski definition) is 2. The van der Waals surface area contributed by atoms with Crippen molar-refractivity contribution in [1.29, 1.82) is 0 Å². The highest BCUT2D eigenvalue weighted by Crippen LogP contribution is 2.39. The summed E-state index contributed by atoms with van der Waals surface area (Å²) in [6.07, 6.45) is 0. The molecule has 9 aromatic carbocycles. The van der Waals surface area contributed by atoms with E-state index in [4.69, 9.17) is 0 Å². The van der Waals surface area contributed by atoms with E-state index in [0.29, 0.717) is 0 Å². The third-order valence-corrected chi connectivity index (χ3v) is 10.2. The third-order valence-electron chi connectivity index (χ3n) is 10.2. The summed E-state index contributed by atoms with van der Waals surface area (Å²) in [7, 11) is 0. The zero-order valence-electron chi connectivity index (χ0n) is 30.9. The first-order valence-corrected chi connectivity index (χ1v) is 19.1. The Morgan fingerprint density at radius 3 is 1.25 bits per heavy atom. The fourth-order valence-corrected chi connectivity index (χ4v) is 7.41. The molecule has 0 saturated heterocycles. The van der Waals surface area contributed by atoms with Crippen LogP contribution in [0.3, 0.4) is 0 Å². The van der Waals surface area contributed by atoms with Gasteiger partial charge in [0.05, 0.1) is 0 Å². The molecule has 0 atom stereocenters. The van der Waals surface area contributed by atoms with E-state index < -0.39 is 0 Å². The Morgan fingerprint density at radius 1 is 0.196 bits per heavy atom. The topological polar surface area (TPSA) is 24.1 Å². The average Bonchev–Trinajstić information content (AvgIpc) is 3.28. The first kappa shape index (κ1) is 34.4. The number of rotatable bonds is 10. The van der Waals surface area contributed by atoms with Gasteiger partial charge in [0.2, 0.25) is 0 Å². The van der Waals surface area contributed by atoms with Crippen molar-refractivity contribution in [3.8, 4) is 66.8 Å². The SMILES string of the molecule is c1ccc(-c2cccc(Nc3ccc(-c4cccc(-c5ccccc5Nc5cc(-c6ccccc6)cc(-c6ccccc6)c5)c4)cc3-c3ccccc3)c2)cc1. The third kappa shape index (κ3) is 7.64. The second kappa shape index (κ2) is 15.9. The van der Waals surface area contributed by atoms with Crippen molar-refractivity contribution in [2.45, 2.75) is 0 Å². The van der Waals surface area contributed by atoms with Crippen molar-refractivity contribution in [1.82, 2.24) is 0 Å². The van der Waals surface area contributed by atoms with Gasteiger partial charge in [-0.3, -0.25) is 0 Å². The number of nitrogens with one attached hydrogen (secondary N) is 2. The maximum atomic E-state index is 3.82. The first-order chi connectivity index (χ1) is 27.7. The minimum atomic E-state index is 1.04. The van der Waals surface area contributed by atoms with Gasteiger partial charge in [0.1, 0.15) is 0 Å². The molecular weight excluding hydrogens is 677 g/mol. The van der Waals surface area contributed by atoms with Gasteiger partial charge >= 0.3 is 0 Å². The molecule has 56 heavy (non-hydrogen) atoms. The normalized spacial score (nSPS) is 10.9. The molecule has 9 aromatic rings. The average molecular weight is 717 g/mol. The molecule has 0 bridgehead atoms. The zero-order valence-corrected chi connectivity index (χ0v) is 30.9. The minimum Gasteiger partial charge on any atom is -0.355 e. The van der Waals surface area contributed by atoms with Crippen molar-refractivity contribution < 1.29 is 0 Å². The summed E-state index contributed by atoms with van der Waals surface area (Å²) < 4.78 is 0. The summed E-state index contributed by atoms with van der Waals surface area (Å²) in [5.41, 5.74) is 18.2. The lowest BCUT2D eigenvalue weighted by molar-refractivity contribution is 1.51. The minimum absolute atomic E-state index is 1.04. The van der Waals surface area contributed by atoms with Crippen LogP contribution in [0, 0.1) is 0 Å². The molecule has 0 unspecified atom stereocenters. The van der Waals surface area contributed by atoms with Crippen molar-refractivity contribution in [3.63, 3.8) is 0 Å². The molecule has 0 saturated carbocycles. The summed E-state index contributed by atoms with van der Waals surface area (Å²) in [5, 5.41) is 7.57. The van der Waals surface area contributed by atoms with Crippen LogP contribution in [0.2, 0.25) is 0 Å². The lowest BCUT2D eigenvalue weighted by atomic mass is 9.94. The first-order valence-electron chi connectivity index (χ1n) is 19.1. The fourth-order valence-electron chi connectivity index (χ4n) is 7.41. The van der Waals surface area contributed by atoms with Crippen molar-refractivity contribution >= 4 is 22.7 Å². The quantitative estimate of drug-likeness (QED) is 0.147. The van der Waals surface area contributed by atoms with Gasteiger partial charge in [-0.05, 0) is 110 Å². The molecule has 0 heterocycles. The van der Waals surface area contributed by atoms with E-state index in [1.54, 1.807) is 0 Å². The Labute approximate surface area is 329 Å². The number of hydrogen-bond acceptors (Lipinski definition) is 2.